The number of thioether (sulfide) groups is 1. The lowest BCUT2D eigenvalue weighted by Gasteiger charge is -2.31. The van der Waals surface area contributed by atoms with Gasteiger partial charge in [0.15, 0.2) is 0 Å². The lowest BCUT2D eigenvalue weighted by molar-refractivity contribution is -0.114. The van der Waals surface area contributed by atoms with Crippen LogP contribution in [-0.4, -0.2) is 17.9 Å². The molecule has 0 aromatic heterocycles. The molecule has 1 fully saturated rings. The second-order valence-electron chi connectivity index (χ2n) is 8.77. The first kappa shape index (κ1) is 21.5. The molecule has 0 saturated heterocycles. The molecule has 0 bridgehead atoms. The normalized spacial score (nSPS) is 16.6. The quantitative estimate of drug-likeness (QED) is 0.490. The Morgan fingerprint density at radius 3 is 2.58 bits per heavy atom. The third kappa shape index (κ3) is 4.74. The number of aryl methyl sites for hydroxylation is 2. The molecule has 4 nitrogen and oxygen atoms in total. The molecule has 0 radical (unpaired) electrons. The third-order valence-corrected chi connectivity index (χ3v) is 7.13. The van der Waals surface area contributed by atoms with Crippen LogP contribution in [0.3, 0.4) is 0 Å². The second kappa shape index (κ2) is 8.91. The van der Waals surface area contributed by atoms with Crippen molar-refractivity contribution in [1.29, 1.82) is 0 Å². The van der Waals surface area contributed by atoms with Crippen molar-refractivity contribution in [2.45, 2.75) is 44.2 Å². The fourth-order valence-corrected chi connectivity index (χ4v) is 5.00. The minimum absolute atomic E-state index is 0.00448. The molecule has 3 aromatic rings. The van der Waals surface area contributed by atoms with E-state index in [-0.39, 0.29) is 11.8 Å². The molecule has 2 aliphatic rings. The van der Waals surface area contributed by atoms with Gasteiger partial charge < -0.3 is 10.2 Å². The van der Waals surface area contributed by atoms with E-state index >= 15 is 0 Å². The molecule has 2 amide bonds. The number of para-hydroxylation sites is 1. The molecule has 1 aliphatic carbocycles. The molecule has 1 N–H and O–H groups in total. The highest BCUT2D eigenvalue weighted by Gasteiger charge is 2.29. The lowest BCUT2D eigenvalue weighted by Crippen LogP contribution is -2.34. The van der Waals surface area contributed by atoms with Crippen molar-refractivity contribution in [3.8, 4) is 0 Å². The van der Waals surface area contributed by atoms with E-state index in [4.69, 9.17) is 0 Å². The number of hydrogen-bond donors (Lipinski definition) is 1. The van der Waals surface area contributed by atoms with Gasteiger partial charge in [-0.1, -0.05) is 59.8 Å². The standard InChI is InChI=1S/C28H26N2O2S/c1-18-7-8-19(2)22(15-18)17-30-24-5-3-4-6-25(24)33-26(28(30)32)16-20-9-11-21(12-10-20)27(31)29-23-13-14-23/h3-12,15-16,23H,13-14,17H2,1-2H3,(H,29,31). The molecule has 166 valence electrons. The number of amides is 2. The maximum atomic E-state index is 13.6. The molecule has 0 spiro atoms. The Kier molecular flexibility index (Phi) is 5.81. The van der Waals surface area contributed by atoms with Crippen LogP contribution in [0.4, 0.5) is 5.69 Å². The van der Waals surface area contributed by atoms with Gasteiger partial charge >= 0.3 is 0 Å². The highest BCUT2D eigenvalue weighted by atomic mass is 32.2. The van der Waals surface area contributed by atoms with Gasteiger partial charge in [0.25, 0.3) is 11.8 Å². The Morgan fingerprint density at radius 1 is 1.06 bits per heavy atom. The molecule has 33 heavy (non-hydrogen) atoms. The highest BCUT2D eigenvalue weighted by Crippen LogP contribution is 2.42. The average molecular weight is 455 g/mol. The van der Waals surface area contributed by atoms with Gasteiger partial charge in [-0.3, -0.25) is 9.59 Å². The summed E-state index contributed by atoms with van der Waals surface area (Å²) in [5.41, 5.74) is 6.00. The first-order chi connectivity index (χ1) is 16.0. The summed E-state index contributed by atoms with van der Waals surface area (Å²) in [4.78, 5) is 29.4. The number of anilines is 1. The predicted molar refractivity (Wildman–Crippen MR) is 134 cm³/mol. The summed E-state index contributed by atoms with van der Waals surface area (Å²) >= 11 is 1.50. The summed E-state index contributed by atoms with van der Waals surface area (Å²) in [7, 11) is 0. The summed E-state index contributed by atoms with van der Waals surface area (Å²) in [6.07, 6.45) is 4.05. The van der Waals surface area contributed by atoms with Crippen LogP contribution in [-0.2, 0) is 11.3 Å². The SMILES string of the molecule is Cc1ccc(C)c(CN2C(=O)C(=Cc3ccc(C(=O)NC4CC4)cc3)Sc3ccccc32)c1. The van der Waals surface area contributed by atoms with Gasteiger partial charge in [-0.25, -0.2) is 0 Å². The van der Waals surface area contributed by atoms with E-state index in [9.17, 15) is 9.59 Å². The van der Waals surface area contributed by atoms with Gasteiger partial charge in [0.2, 0.25) is 0 Å². The van der Waals surface area contributed by atoms with Crippen LogP contribution in [0.15, 0.2) is 76.5 Å². The van der Waals surface area contributed by atoms with Gasteiger partial charge in [-0.15, -0.1) is 0 Å². The number of hydrogen-bond acceptors (Lipinski definition) is 3. The number of carbonyl (C=O) groups excluding carboxylic acids is 2. The van der Waals surface area contributed by atoms with Crippen molar-refractivity contribution >= 4 is 35.3 Å². The predicted octanol–water partition coefficient (Wildman–Crippen LogP) is 5.88. The van der Waals surface area contributed by atoms with Crippen LogP contribution in [0.5, 0.6) is 0 Å². The van der Waals surface area contributed by atoms with Crippen LogP contribution in [0.1, 0.15) is 45.5 Å². The minimum Gasteiger partial charge on any atom is -0.349 e. The molecular formula is C28H26N2O2S. The number of nitrogens with zero attached hydrogens (tertiary/aromatic N) is 1. The van der Waals surface area contributed by atoms with Crippen molar-refractivity contribution in [2.75, 3.05) is 4.90 Å². The van der Waals surface area contributed by atoms with Crippen molar-refractivity contribution < 1.29 is 9.59 Å². The van der Waals surface area contributed by atoms with E-state index in [1.807, 2.05) is 53.4 Å². The minimum atomic E-state index is -0.0338. The van der Waals surface area contributed by atoms with E-state index in [0.717, 1.165) is 34.6 Å². The van der Waals surface area contributed by atoms with Crippen molar-refractivity contribution in [3.63, 3.8) is 0 Å². The van der Waals surface area contributed by atoms with Crippen molar-refractivity contribution in [1.82, 2.24) is 5.32 Å². The van der Waals surface area contributed by atoms with Gasteiger partial charge in [-0.05, 0) is 73.7 Å². The number of benzene rings is 3. The maximum absolute atomic E-state index is 13.6. The van der Waals surface area contributed by atoms with E-state index in [1.165, 1.54) is 22.9 Å². The summed E-state index contributed by atoms with van der Waals surface area (Å²) in [6.45, 7) is 4.69. The fraction of sp³-hybridized carbons (Fsp3) is 0.214. The van der Waals surface area contributed by atoms with Crippen molar-refractivity contribution in [3.05, 3.63) is 99.5 Å². The number of nitrogens with one attached hydrogen (secondary N) is 1. The molecule has 3 aromatic carbocycles. The topological polar surface area (TPSA) is 49.4 Å². The molecule has 1 saturated carbocycles. The van der Waals surface area contributed by atoms with E-state index in [0.29, 0.717) is 23.1 Å². The highest BCUT2D eigenvalue weighted by molar-refractivity contribution is 8.04. The molecule has 5 rings (SSSR count). The van der Waals surface area contributed by atoms with E-state index < -0.39 is 0 Å². The summed E-state index contributed by atoms with van der Waals surface area (Å²) in [6, 6.07) is 22.2. The smallest absolute Gasteiger partial charge is 0.265 e. The zero-order valence-electron chi connectivity index (χ0n) is 18.8. The molecule has 5 heteroatoms. The van der Waals surface area contributed by atoms with Gasteiger partial charge in [0.05, 0.1) is 17.1 Å². The summed E-state index contributed by atoms with van der Waals surface area (Å²) in [5.74, 6) is -0.0383. The molecule has 1 aliphatic heterocycles. The Bertz CT molecular complexity index is 1260. The number of rotatable bonds is 5. The molecule has 0 atom stereocenters. The van der Waals surface area contributed by atoms with E-state index in [2.05, 4.69) is 43.4 Å². The van der Waals surface area contributed by atoms with Crippen LogP contribution in [0, 0.1) is 13.8 Å². The summed E-state index contributed by atoms with van der Waals surface area (Å²) < 4.78 is 0. The zero-order chi connectivity index (χ0) is 22.9. The second-order valence-corrected chi connectivity index (χ2v) is 9.85. The largest absolute Gasteiger partial charge is 0.349 e. The van der Waals surface area contributed by atoms with Crippen molar-refractivity contribution in [2.24, 2.45) is 0 Å². The number of fused-ring (bicyclic) bond motifs is 1. The first-order valence-corrected chi connectivity index (χ1v) is 12.1. The van der Waals surface area contributed by atoms with Crippen LogP contribution < -0.4 is 10.2 Å². The first-order valence-electron chi connectivity index (χ1n) is 11.3. The molecule has 1 heterocycles. The molecule has 0 unspecified atom stereocenters. The van der Waals surface area contributed by atoms with E-state index in [1.54, 1.807) is 0 Å². The third-order valence-electron chi connectivity index (χ3n) is 6.05. The maximum Gasteiger partial charge on any atom is 0.265 e. The van der Waals surface area contributed by atoms with Gasteiger partial charge in [0.1, 0.15) is 0 Å². The Balaban J connectivity index is 1.43. The molecular weight excluding hydrogens is 428 g/mol. The Labute approximate surface area is 198 Å². The van der Waals surface area contributed by atoms with Crippen LogP contribution >= 0.6 is 11.8 Å². The Hall–Kier alpha value is -3.31. The van der Waals surface area contributed by atoms with Crippen LogP contribution in [0.2, 0.25) is 0 Å². The average Bonchev–Trinajstić information content (AvgIpc) is 3.63. The lowest BCUT2D eigenvalue weighted by atomic mass is 10.0. The van der Waals surface area contributed by atoms with Gasteiger partial charge in [-0.2, -0.15) is 0 Å². The number of carbonyl (C=O) groups is 2. The van der Waals surface area contributed by atoms with Gasteiger partial charge in [0, 0.05) is 16.5 Å². The van der Waals surface area contributed by atoms with Crippen LogP contribution in [0.25, 0.3) is 6.08 Å². The zero-order valence-corrected chi connectivity index (χ0v) is 19.6. The monoisotopic (exact) mass is 454 g/mol. The fourth-order valence-electron chi connectivity index (χ4n) is 3.94. The Morgan fingerprint density at radius 2 is 1.82 bits per heavy atom. The summed E-state index contributed by atoms with van der Waals surface area (Å²) in [5, 5.41) is 3.01.